The summed E-state index contributed by atoms with van der Waals surface area (Å²) in [6, 6.07) is 17.4. The summed E-state index contributed by atoms with van der Waals surface area (Å²) in [5, 5.41) is 0. The van der Waals surface area contributed by atoms with Crippen LogP contribution >= 0.6 is 0 Å². The lowest BCUT2D eigenvalue weighted by Crippen LogP contribution is -2.29. The van der Waals surface area contributed by atoms with Gasteiger partial charge in [-0.3, -0.25) is 0 Å². The highest BCUT2D eigenvalue weighted by atomic mass is 14.5. The summed E-state index contributed by atoms with van der Waals surface area (Å²) in [6.45, 7) is 26.8. The molecule has 0 aliphatic heterocycles. The molecule has 0 heteroatoms. The molecule has 0 atom stereocenters. The van der Waals surface area contributed by atoms with Crippen molar-refractivity contribution in [3.05, 3.63) is 121 Å². The molecule has 0 amide bonds. The number of rotatable bonds is 8. The largest absolute Gasteiger partial charge is 0.0991 e. The van der Waals surface area contributed by atoms with Gasteiger partial charge in [0.2, 0.25) is 0 Å². The predicted molar refractivity (Wildman–Crippen MR) is 153 cm³/mol. The molecular formula is C33H46. The van der Waals surface area contributed by atoms with E-state index in [1.54, 1.807) is 6.08 Å². The minimum atomic E-state index is -0.401. The third kappa shape index (κ3) is 6.35. The normalized spacial score (nSPS) is 12.5. The molecule has 0 N–H and O–H groups in total. The number of unbranched alkanes of at least 4 members (excludes halogenated alkanes) is 2. The van der Waals surface area contributed by atoms with Gasteiger partial charge in [-0.15, -0.1) is 0 Å². The number of hydrogen-bond donors (Lipinski definition) is 0. The van der Waals surface area contributed by atoms with Crippen molar-refractivity contribution in [3.8, 4) is 11.1 Å². The lowest BCUT2D eigenvalue weighted by atomic mass is 9.66. The number of hydrogen-bond acceptors (Lipinski definition) is 0. The van der Waals surface area contributed by atoms with Crippen molar-refractivity contribution in [2.45, 2.75) is 73.1 Å². The van der Waals surface area contributed by atoms with E-state index in [1.807, 2.05) is 53.7 Å². The second kappa shape index (κ2) is 16.7. The van der Waals surface area contributed by atoms with Crippen LogP contribution in [0.1, 0.15) is 78.9 Å². The van der Waals surface area contributed by atoms with E-state index < -0.39 is 5.41 Å². The maximum atomic E-state index is 4.52. The van der Waals surface area contributed by atoms with Gasteiger partial charge in [0.05, 0.1) is 5.41 Å². The van der Waals surface area contributed by atoms with Crippen molar-refractivity contribution < 1.29 is 0 Å². The fourth-order valence-corrected chi connectivity index (χ4v) is 4.24. The van der Waals surface area contributed by atoms with Crippen LogP contribution in [-0.4, -0.2) is 0 Å². The van der Waals surface area contributed by atoms with Gasteiger partial charge in [0, 0.05) is 0 Å². The molecular weight excluding hydrogens is 396 g/mol. The van der Waals surface area contributed by atoms with Crippen LogP contribution in [0, 0.1) is 0 Å². The van der Waals surface area contributed by atoms with Crippen LogP contribution in [0.4, 0.5) is 0 Å². The Bertz CT molecular complexity index is 875. The summed E-state index contributed by atoms with van der Waals surface area (Å²) in [7, 11) is 0. The van der Waals surface area contributed by atoms with Gasteiger partial charge in [-0.05, 0) is 39.8 Å². The number of allylic oxidation sites excluding steroid dienone is 7. The minimum Gasteiger partial charge on any atom is -0.0991 e. The molecule has 178 valence electrons. The first-order chi connectivity index (χ1) is 16.2. The van der Waals surface area contributed by atoms with Crippen molar-refractivity contribution in [2.24, 2.45) is 0 Å². The molecule has 0 radical (unpaired) electrons. The highest BCUT2D eigenvalue weighted by Crippen LogP contribution is 2.56. The van der Waals surface area contributed by atoms with Gasteiger partial charge in [0.15, 0.2) is 0 Å². The molecule has 0 unspecified atom stereocenters. The Morgan fingerprint density at radius 3 is 1.73 bits per heavy atom. The topological polar surface area (TPSA) is 0 Å². The minimum absolute atomic E-state index is 0.401. The molecule has 2 aromatic rings. The number of fused-ring (bicyclic) bond motifs is 3. The van der Waals surface area contributed by atoms with Crippen molar-refractivity contribution in [1.82, 2.24) is 0 Å². The maximum absolute atomic E-state index is 4.52. The van der Waals surface area contributed by atoms with E-state index in [0.29, 0.717) is 0 Å². The summed E-state index contributed by atoms with van der Waals surface area (Å²) in [5.74, 6) is 0. The van der Waals surface area contributed by atoms with E-state index in [4.69, 9.17) is 0 Å². The molecule has 0 saturated carbocycles. The molecule has 1 aliphatic rings. The molecule has 3 rings (SSSR count). The van der Waals surface area contributed by atoms with Crippen LogP contribution in [-0.2, 0) is 5.41 Å². The molecule has 33 heavy (non-hydrogen) atoms. The molecule has 0 nitrogen and oxygen atoms in total. The predicted octanol–water partition coefficient (Wildman–Crippen LogP) is 10.6. The second-order valence-corrected chi connectivity index (χ2v) is 6.97. The first-order valence-electron chi connectivity index (χ1n) is 12.7. The fourth-order valence-electron chi connectivity index (χ4n) is 4.24. The Balaban J connectivity index is 0.00000158. The van der Waals surface area contributed by atoms with E-state index in [-0.39, 0.29) is 0 Å². The molecule has 0 saturated heterocycles. The summed E-state index contributed by atoms with van der Waals surface area (Å²) < 4.78 is 0. The molecule has 2 aromatic carbocycles. The van der Waals surface area contributed by atoms with Crippen LogP contribution in [0.15, 0.2) is 110 Å². The lowest BCUT2D eigenvalue weighted by Gasteiger charge is -2.35. The van der Waals surface area contributed by atoms with E-state index in [1.165, 1.54) is 40.7 Å². The Morgan fingerprint density at radius 1 is 0.818 bits per heavy atom. The Hall–Kier alpha value is -2.86. The third-order valence-electron chi connectivity index (χ3n) is 5.44. The van der Waals surface area contributed by atoms with Crippen molar-refractivity contribution in [3.63, 3.8) is 0 Å². The average molecular weight is 443 g/mol. The summed E-state index contributed by atoms with van der Waals surface area (Å²) in [4.78, 5) is 0. The third-order valence-corrected chi connectivity index (χ3v) is 5.44. The monoisotopic (exact) mass is 442 g/mol. The van der Waals surface area contributed by atoms with Crippen LogP contribution in [0.5, 0.6) is 0 Å². The lowest BCUT2D eigenvalue weighted by molar-refractivity contribution is 0.747. The molecule has 1 aliphatic carbocycles. The van der Waals surface area contributed by atoms with Crippen LogP contribution < -0.4 is 0 Å². The first-order valence-corrected chi connectivity index (χ1v) is 12.7. The van der Waals surface area contributed by atoms with Gasteiger partial charge in [-0.25, -0.2) is 0 Å². The molecule has 0 heterocycles. The second-order valence-electron chi connectivity index (χ2n) is 6.97. The quantitative estimate of drug-likeness (QED) is 0.282. The zero-order chi connectivity index (χ0) is 25.3. The maximum Gasteiger partial charge on any atom is 0.0704 e. The van der Waals surface area contributed by atoms with Crippen LogP contribution in [0.3, 0.4) is 0 Å². The molecule has 0 bridgehead atoms. The summed E-state index contributed by atoms with van der Waals surface area (Å²) >= 11 is 0. The van der Waals surface area contributed by atoms with Crippen molar-refractivity contribution in [2.75, 3.05) is 0 Å². The summed E-state index contributed by atoms with van der Waals surface area (Å²) in [6.07, 6.45) is 13.6. The van der Waals surface area contributed by atoms with E-state index in [9.17, 15) is 0 Å². The van der Waals surface area contributed by atoms with Crippen LogP contribution in [0.25, 0.3) is 11.1 Å². The Morgan fingerprint density at radius 2 is 1.30 bits per heavy atom. The SMILES string of the molecule is C=C/C=C\C(=C)C1(/C(C=C)=C/CCCC)c2ccccc2-c2ccccc21.CC.CC.CC. The zero-order valence-electron chi connectivity index (χ0n) is 22.2. The van der Waals surface area contributed by atoms with Gasteiger partial charge in [-0.2, -0.15) is 0 Å². The van der Waals surface area contributed by atoms with Crippen molar-refractivity contribution >= 4 is 0 Å². The van der Waals surface area contributed by atoms with Crippen LogP contribution in [0.2, 0.25) is 0 Å². The van der Waals surface area contributed by atoms with Gasteiger partial charge >= 0.3 is 0 Å². The Kier molecular flexibility index (Phi) is 15.3. The van der Waals surface area contributed by atoms with E-state index in [0.717, 1.165) is 12.0 Å². The fraction of sp³-hybridized carbons (Fsp3) is 0.333. The average Bonchev–Trinajstić information content (AvgIpc) is 3.20. The highest BCUT2D eigenvalue weighted by Gasteiger charge is 2.46. The standard InChI is InChI=1S/C27H28.3C2H6/c1-5-8-10-16-22(7-3)27(21(4)15-9-6-2)25-19-13-11-17-23(25)24-18-12-14-20-26(24)27;3*1-2/h6-7,9,11-20H,2-5,8,10H2,1H3;3*1-2H3/b15-9-,22-16+;;;. The van der Waals surface area contributed by atoms with Gasteiger partial charge in [-0.1, -0.05) is 160 Å². The molecule has 0 spiro atoms. The zero-order valence-corrected chi connectivity index (χ0v) is 22.2. The molecule has 0 aromatic heterocycles. The first kappa shape index (κ1) is 30.1. The smallest absolute Gasteiger partial charge is 0.0704 e. The molecule has 0 fully saturated rings. The number of benzene rings is 2. The van der Waals surface area contributed by atoms with E-state index >= 15 is 0 Å². The van der Waals surface area contributed by atoms with E-state index in [2.05, 4.69) is 87.3 Å². The summed E-state index contributed by atoms with van der Waals surface area (Å²) in [5.41, 5.74) is 6.99. The Labute approximate surface area is 205 Å². The van der Waals surface area contributed by atoms with Crippen molar-refractivity contribution in [1.29, 1.82) is 0 Å². The van der Waals surface area contributed by atoms with Gasteiger partial charge in [0.25, 0.3) is 0 Å². The van der Waals surface area contributed by atoms with Gasteiger partial charge < -0.3 is 0 Å². The van der Waals surface area contributed by atoms with Gasteiger partial charge in [0.1, 0.15) is 0 Å². The highest BCUT2D eigenvalue weighted by molar-refractivity contribution is 5.86.